The van der Waals surface area contributed by atoms with Gasteiger partial charge in [0.25, 0.3) is 0 Å². The predicted molar refractivity (Wildman–Crippen MR) is 74.9 cm³/mol. The first-order valence-corrected chi connectivity index (χ1v) is 6.72. The van der Waals surface area contributed by atoms with Crippen molar-refractivity contribution in [2.75, 3.05) is 7.11 Å². The lowest BCUT2D eigenvalue weighted by atomic mass is 10.2. The number of benzene rings is 2. The van der Waals surface area contributed by atoms with E-state index in [0.717, 1.165) is 10.5 Å². The number of rotatable bonds is 5. The van der Waals surface area contributed by atoms with Crippen molar-refractivity contribution in [1.29, 1.82) is 0 Å². The fourth-order valence-electron chi connectivity index (χ4n) is 1.67. The van der Waals surface area contributed by atoms with Gasteiger partial charge in [-0.05, 0) is 29.8 Å². The molecule has 0 radical (unpaired) electrons. The Labute approximate surface area is 120 Å². The summed E-state index contributed by atoms with van der Waals surface area (Å²) in [7, 11) is 1.49. The summed E-state index contributed by atoms with van der Waals surface area (Å²) in [5.74, 6) is -0.737. The van der Waals surface area contributed by atoms with E-state index in [0.29, 0.717) is 10.6 Å². The summed E-state index contributed by atoms with van der Waals surface area (Å²) >= 11 is 1.28. The van der Waals surface area contributed by atoms with Gasteiger partial charge in [-0.15, -0.1) is 0 Å². The fourth-order valence-corrected chi connectivity index (χ4v) is 2.49. The maximum absolute atomic E-state index is 13.8. The molecule has 0 aliphatic carbocycles. The summed E-state index contributed by atoms with van der Waals surface area (Å²) < 4.78 is 18.7. The second kappa shape index (κ2) is 6.43. The van der Waals surface area contributed by atoms with Crippen LogP contribution in [0.15, 0.2) is 52.3 Å². The van der Waals surface area contributed by atoms with Gasteiger partial charge in [-0.2, -0.15) is 0 Å². The number of halogens is 1. The van der Waals surface area contributed by atoms with Crippen molar-refractivity contribution >= 4 is 17.7 Å². The standard InChI is InChI=1S/C15H13FO3S/c1-19-11-4-7-14(13(16)9-11)20-12-5-2-10(3-6-12)8-15(17)18/h2-7,9H,8H2,1H3,(H,17,18). The first kappa shape index (κ1) is 14.4. The van der Waals surface area contributed by atoms with Gasteiger partial charge >= 0.3 is 5.97 Å². The van der Waals surface area contributed by atoms with E-state index in [-0.39, 0.29) is 12.2 Å². The highest BCUT2D eigenvalue weighted by Gasteiger charge is 2.06. The molecule has 0 fully saturated rings. The Morgan fingerprint density at radius 2 is 1.95 bits per heavy atom. The number of carboxylic acids is 1. The molecule has 0 bridgehead atoms. The number of hydrogen-bond donors (Lipinski definition) is 1. The lowest BCUT2D eigenvalue weighted by Gasteiger charge is -2.06. The molecule has 2 aromatic carbocycles. The van der Waals surface area contributed by atoms with Crippen LogP contribution in [-0.4, -0.2) is 18.2 Å². The first-order valence-electron chi connectivity index (χ1n) is 5.90. The average Bonchev–Trinajstić information content (AvgIpc) is 2.42. The lowest BCUT2D eigenvalue weighted by molar-refractivity contribution is -0.136. The highest BCUT2D eigenvalue weighted by Crippen LogP contribution is 2.31. The summed E-state index contributed by atoms with van der Waals surface area (Å²) in [6, 6.07) is 11.7. The Morgan fingerprint density at radius 1 is 1.25 bits per heavy atom. The molecule has 0 saturated heterocycles. The quantitative estimate of drug-likeness (QED) is 0.914. The van der Waals surface area contributed by atoms with E-state index >= 15 is 0 Å². The Hall–Kier alpha value is -2.01. The topological polar surface area (TPSA) is 46.5 Å². The monoisotopic (exact) mass is 292 g/mol. The van der Waals surface area contributed by atoms with E-state index in [1.54, 1.807) is 36.4 Å². The van der Waals surface area contributed by atoms with Crippen molar-refractivity contribution in [3.05, 3.63) is 53.8 Å². The van der Waals surface area contributed by atoms with E-state index in [4.69, 9.17) is 9.84 Å². The highest BCUT2D eigenvalue weighted by atomic mass is 32.2. The van der Waals surface area contributed by atoms with E-state index < -0.39 is 5.97 Å². The van der Waals surface area contributed by atoms with E-state index in [2.05, 4.69) is 0 Å². The third-order valence-electron chi connectivity index (χ3n) is 2.65. The van der Waals surface area contributed by atoms with Crippen LogP contribution in [0.1, 0.15) is 5.56 Å². The van der Waals surface area contributed by atoms with Gasteiger partial charge in [-0.1, -0.05) is 23.9 Å². The van der Waals surface area contributed by atoms with Crippen LogP contribution in [0.25, 0.3) is 0 Å². The molecule has 5 heteroatoms. The average molecular weight is 292 g/mol. The lowest BCUT2D eigenvalue weighted by Crippen LogP contribution is -1.99. The van der Waals surface area contributed by atoms with Crippen molar-refractivity contribution in [1.82, 2.24) is 0 Å². The zero-order valence-electron chi connectivity index (χ0n) is 10.8. The minimum Gasteiger partial charge on any atom is -0.497 e. The molecule has 0 aliphatic rings. The molecule has 0 amide bonds. The third-order valence-corrected chi connectivity index (χ3v) is 3.70. The SMILES string of the molecule is COc1ccc(Sc2ccc(CC(=O)O)cc2)c(F)c1. The van der Waals surface area contributed by atoms with Gasteiger partial charge in [-0.3, -0.25) is 4.79 Å². The maximum Gasteiger partial charge on any atom is 0.307 e. The molecular weight excluding hydrogens is 279 g/mol. The van der Waals surface area contributed by atoms with E-state index in [1.165, 1.54) is 24.9 Å². The molecule has 0 aliphatic heterocycles. The molecule has 0 saturated carbocycles. The summed E-state index contributed by atoms with van der Waals surface area (Å²) in [6.07, 6.45) is -0.0121. The molecule has 0 spiro atoms. The van der Waals surface area contributed by atoms with Crippen molar-refractivity contribution in [3.8, 4) is 5.75 Å². The fraction of sp³-hybridized carbons (Fsp3) is 0.133. The normalized spacial score (nSPS) is 10.3. The Morgan fingerprint density at radius 3 is 2.50 bits per heavy atom. The van der Waals surface area contributed by atoms with E-state index in [9.17, 15) is 9.18 Å². The van der Waals surface area contributed by atoms with Gasteiger partial charge in [0.05, 0.1) is 13.5 Å². The zero-order valence-corrected chi connectivity index (χ0v) is 11.6. The van der Waals surface area contributed by atoms with Crippen LogP contribution >= 0.6 is 11.8 Å². The molecule has 20 heavy (non-hydrogen) atoms. The Kier molecular flexibility index (Phi) is 4.63. The maximum atomic E-state index is 13.8. The van der Waals surface area contributed by atoms with E-state index in [1.807, 2.05) is 0 Å². The number of carboxylic acid groups (broad SMARTS) is 1. The Balaban J connectivity index is 2.12. The molecule has 2 aromatic rings. The molecule has 0 unspecified atom stereocenters. The predicted octanol–water partition coefficient (Wildman–Crippen LogP) is 3.61. The van der Waals surface area contributed by atoms with Crippen LogP contribution in [0.2, 0.25) is 0 Å². The largest absolute Gasteiger partial charge is 0.497 e. The van der Waals surface area contributed by atoms with Crippen LogP contribution in [0, 0.1) is 5.82 Å². The molecular formula is C15H13FO3S. The zero-order chi connectivity index (χ0) is 14.5. The minimum absolute atomic E-state index is 0.0121. The number of hydrogen-bond acceptors (Lipinski definition) is 3. The number of ether oxygens (including phenoxy) is 1. The van der Waals surface area contributed by atoms with Crippen LogP contribution < -0.4 is 4.74 Å². The van der Waals surface area contributed by atoms with Crippen LogP contribution in [0.4, 0.5) is 4.39 Å². The van der Waals surface area contributed by atoms with Gasteiger partial charge in [-0.25, -0.2) is 4.39 Å². The van der Waals surface area contributed by atoms with Gasteiger partial charge in [0.15, 0.2) is 0 Å². The molecule has 2 rings (SSSR count). The first-order chi connectivity index (χ1) is 9.58. The van der Waals surface area contributed by atoms with Crippen LogP contribution in [0.3, 0.4) is 0 Å². The van der Waals surface area contributed by atoms with Gasteiger partial charge in [0, 0.05) is 15.9 Å². The second-order valence-corrected chi connectivity index (χ2v) is 5.23. The number of carbonyl (C=O) groups is 1. The number of methoxy groups -OCH3 is 1. The molecule has 104 valence electrons. The van der Waals surface area contributed by atoms with Gasteiger partial charge in [0.2, 0.25) is 0 Å². The highest BCUT2D eigenvalue weighted by molar-refractivity contribution is 7.99. The Bertz CT molecular complexity index is 611. The third kappa shape index (κ3) is 3.74. The minimum atomic E-state index is -0.869. The summed E-state index contributed by atoms with van der Waals surface area (Å²) in [4.78, 5) is 11.9. The van der Waals surface area contributed by atoms with Gasteiger partial charge < -0.3 is 9.84 Å². The molecule has 0 aromatic heterocycles. The van der Waals surface area contributed by atoms with Crippen molar-refractivity contribution in [3.63, 3.8) is 0 Å². The smallest absolute Gasteiger partial charge is 0.307 e. The molecule has 0 atom stereocenters. The summed E-state index contributed by atoms with van der Waals surface area (Å²) in [5.41, 5.74) is 0.719. The molecule has 3 nitrogen and oxygen atoms in total. The summed E-state index contributed by atoms with van der Waals surface area (Å²) in [5, 5.41) is 8.69. The molecule has 1 N–H and O–H groups in total. The van der Waals surface area contributed by atoms with Crippen molar-refractivity contribution in [2.45, 2.75) is 16.2 Å². The van der Waals surface area contributed by atoms with Gasteiger partial charge in [0.1, 0.15) is 11.6 Å². The molecule has 0 heterocycles. The second-order valence-electron chi connectivity index (χ2n) is 4.11. The van der Waals surface area contributed by atoms with Crippen LogP contribution in [0.5, 0.6) is 5.75 Å². The van der Waals surface area contributed by atoms with Crippen LogP contribution in [-0.2, 0) is 11.2 Å². The summed E-state index contributed by atoms with van der Waals surface area (Å²) in [6.45, 7) is 0. The van der Waals surface area contributed by atoms with Crippen molar-refractivity contribution in [2.24, 2.45) is 0 Å². The van der Waals surface area contributed by atoms with Crippen molar-refractivity contribution < 1.29 is 19.0 Å². The number of aliphatic carboxylic acids is 1.